The number of nitrogens with zero attached hydrogens (tertiary/aromatic N) is 2. The second kappa shape index (κ2) is 5.66. The number of amides is 2. The molecule has 4 nitrogen and oxygen atoms in total. The molecule has 2 aromatic rings. The number of halogens is 1. The van der Waals surface area contributed by atoms with Crippen LogP contribution in [0.15, 0.2) is 48.8 Å². The Bertz CT molecular complexity index is 688. The van der Waals surface area contributed by atoms with Crippen LogP contribution in [-0.2, 0) is 16.0 Å². The first kappa shape index (κ1) is 13.8. The minimum Gasteiger partial charge on any atom is -0.274 e. The Morgan fingerprint density at radius 1 is 1.24 bits per heavy atom. The van der Waals surface area contributed by atoms with Gasteiger partial charge in [-0.25, -0.2) is 0 Å². The van der Waals surface area contributed by atoms with Gasteiger partial charge in [0.15, 0.2) is 0 Å². The Hall–Kier alpha value is -2.20. The van der Waals surface area contributed by atoms with Crippen LogP contribution >= 0.6 is 11.6 Å². The minimum absolute atomic E-state index is 0.175. The fraction of sp³-hybridized carbons (Fsp3) is 0.188. The van der Waals surface area contributed by atoms with Gasteiger partial charge in [0.2, 0.25) is 11.8 Å². The summed E-state index contributed by atoms with van der Waals surface area (Å²) in [6.07, 6.45) is 4.15. The van der Waals surface area contributed by atoms with Crippen LogP contribution in [0, 0.1) is 5.92 Å². The lowest BCUT2D eigenvalue weighted by Gasteiger charge is -2.15. The van der Waals surface area contributed by atoms with E-state index in [4.69, 9.17) is 11.6 Å². The monoisotopic (exact) mass is 300 g/mol. The quantitative estimate of drug-likeness (QED) is 0.819. The van der Waals surface area contributed by atoms with Gasteiger partial charge in [-0.05, 0) is 36.2 Å². The molecule has 1 aromatic heterocycles. The molecule has 5 heteroatoms. The number of carbonyl (C=O) groups excluding carboxylic acids is 2. The summed E-state index contributed by atoms with van der Waals surface area (Å²) in [5, 5.41) is 0.504. The van der Waals surface area contributed by atoms with Crippen LogP contribution in [0.2, 0.25) is 5.02 Å². The average molecular weight is 301 g/mol. The summed E-state index contributed by atoms with van der Waals surface area (Å²) < 4.78 is 0. The molecule has 0 aliphatic carbocycles. The van der Waals surface area contributed by atoms with Gasteiger partial charge in [-0.2, -0.15) is 0 Å². The molecule has 2 amide bonds. The van der Waals surface area contributed by atoms with Crippen molar-refractivity contribution in [1.82, 2.24) is 4.98 Å². The standard InChI is InChI=1S/C16H13ClN2O2/c17-13-4-1-5-14(9-13)19-15(20)8-12(16(19)21)7-11-3-2-6-18-10-11/h1-6,9-10,12H,7-8H2. The zero-order chi connectivity index (χ0) is 14.8. The number of rotatable bonds is 3. The van der Waals surface area contributed by atoms with E-state index in [0.29, 0.717) is 17.1 Å². The van der Waals surface area contributed by atoms with Gasteiger partial charge in [0.25, 0.3) is 0 Å². The van der Waals surface area contributed by atoms with Crippen LogP contribution in [0.4, 0.5) is 5.69 Å². The third kappa shape index (κ3) is 2.81. The SMILES string of the molecule is O=C1CC(Cc2cccnc2)C(=O)N1c1cccc(Cl)c1. The van der Waals surface area contributed by atoms with Crippen LogP contribution in [0.3, 0.4) is 0 Å². The maximum absolute atomic E-state index is 12.5. The van der Waals surface area contributed by atoms with Crippen molar-refractivity contribution in [1.29, 1.82) is 0 Å². The molecular weight excluding hydrogens is 288 g/mol. The van der Waals surface area contributed by atoms with Crippen molar-refractivity contribution in [3.05, 3.63) is 59.4 Å². The highest BCUT2D eigenvalue weighted by Crippen LogP contribution is 2.29. The van der Waals surface area contributed by atoms with Crippen LogP contribution in [0.1, 0.15) is 12.0 Å². The largest absolute Gasteiger partial charge is 0.274 e. The van der Waals surface area contributed by atoms with Crippen LogP contribution in [0.5, 0.6) is 0 Å². The van der Waals surface area contributed by atoms with Gasteiger partial charge in [-0.15, -0.1) is 0 Å². The molecular formula is C16H13ClN2O2. The Kier molecular flexibility index (Phi) is 3.71. The summed E-state index contributed by atoms with van der Waals surface area (Å²) in [4.78, 5) is 29.9. The summed E-state index contributed by atoms with van der Waals surface area (Å²) >= 11 is 5.93. The first-order valence-corrected chi connectivity index (χ1v) is 7.04. The van der Waals surface area contributed by atoms with Crippen molar-refractivity contribution in [3.8, 4) is 0 Å². The fourth-order valence-electron chi connectivity index (χ4n) is 2.54. The summed E-state index contributed by atoms with van der Waals surface area (Å²) in [5.74, 6) is -0.692. The molecule has 0 spiro atoms. The summed E-state index contributed by atoms with van der Waals surface area (Å²) in [6.45, 7) is 0. The minimum atomic E-state index is -0.333. The predicted molar refractivity (Wildman–Crippen MR) is 80.0 cm³/mol. The number of anilines is 1. The number of carbonyl (C=O) groups is 2. The molecule has 0 radical (unpaired) electrons. The summed E-state index contributed by atoms with van der Waals surface area (Å²) in [5.41, 5.74) is 1.49. The highest BCUT2D eigenvalue weighted by molar-refractivity contribution is 6.31. The van der Waals surface area contributed by atoms with Crippen LogP contribution < -0.4 is 4.90 Å². The second-order valence-electron chi connectivity index (χ2n) is 5.01. The zero-order valence-electron chi connectivity index (χ0n) is 11.2. The number of aromatic nitrogens is 1. The van der Waals surface area contributed by atoms with Crippen LogP contribution in [-0.4, -0.2) is 16.8 Å². The van der Waals surface area contributed by atoms with E-state index in [-0.39, 0.29) is 24.2 Å². The molecule has 1 atom stereocenters. The molecule has 0 N–H and O–H groups in total. The lowest BCUT2D eigenvalue weighted by atomic mass is 9.99. The lowest BCUT2D eigenvalue weighted by molar-refractivity contribution is -0.122. The molecule has 0 bridgehead atoms. The van der Waals surface area contributed by atoms with E-state index >= 15 is 0 Å². The third-order valence-corrected chi connectivity index (χ3v) is 3.75. The molecule has 3 rings (SSSR count). The molecule has 21 heavy (non-hydrogen) atoms. The maximum atomic E-state index is 12.5. The van der Waals surface area contributed by atoms with Crippen molar-refractivity contribution < 1.29 is 9.59 Å². The number of benzene rings is 1. The molecule has 1 aromatic carbocycles. The van der Waals surface area contributed by atoms with Crippen molar-refractivity contribution in [2.45, 2.75) is 12.8 Å². The molecule has 106 valence electrons. The Labute approximate surface area is 127 Å². The lowest BCUT2D eigenvalue weighted by Crippen LogP contribution is -2.30. The molecule has 1 aliphatic heterocycles. The number of pyridine rings is 1. The summed E-state index contributed by atoms with van der Waals surface area (Å²) in [6, 6.07) is 10.5. The van der Waals surface area contributed by atoms with E-state index in [1.54, 1.807) is 36.7 Å². The van der Waals surface area contributed by atoms with Gasteiger partial charge < -0.3 is 0 Å². The molecule has 1 fully saturated rings. The van der Waals surface area contributed by atoms with Gasteiger partial charge >= 0.3 is 0 Å². The van der Waals surface area contributed by atoms with Gasteiger partial charge in [0.05, 0.1) is 11.6 Å². The molecule has 0 saturated carbocycles. The van der Waals surface area contributed by atoms with E-state index in [9.17, 15) is 9.59 Å². The van der Waals surface area contributed by atoms with Crippen molar-refractivity contribution >= 4 is 29.1 Å². The van der Waals surface area contributed by atoms with E-state index < -0.39 is 0 Å². The van der Waals surface area contributed by atoms with Crippen molar-refractivity contribution in [3.63, 3.8) is 0 Å². The maximum Gasteiger partial charge on any atom is 0.237 e. The average Bonchev–Trinajstić information content (AvgIpc) is 2.74. The third-order valence-electron chi connectivity index (χ3n) is 3.51. The normalized spacial score (nSPS) is 18.3. The molecule has 1 aliphatic rings. The van der Waals surface area contributed by atoms with Gasteiger partial charge in [0.1, 0.15) is 0 Å². The Balaban J connectivity index is 1.82. The van der Waals surface area contributed by atoms with E-state index in [1.165, 1.54) is 4.90 Å². The highest BCUT2D eigenvalue weighted by atomic mass is 35.5. The van der Waals surface area contributed by atoms with Crippen molar-refractivity contribution in [2.75, 3.05) is 4.90 Å². The number of imide groups is 1. The van der Waals surface area contributed by atoms with E-state index in [2.05, 4.69) is 4.98 Å². The predicted octanol–water partition coefficient (Wildman–Crippen LogP) is 2.86. The smallest absolute Gasteiger partial charge is 0.237 e. The highest BCUT2D eigenvalue weighted by Gasteiger charge is 2.39. The summed E-state index contributed by atoms with van der Waals surface area (Å²) in [7, 11) is 0. The van der Waals surface area contributed by atoms with E-state index in [0.717, 1.165) is 5.56 Å². The zero-order valence-corrected chi connectivity index (χ0v) is 12.0. The van der Waals surface area contributed by atoms with Gasteiger partial charge in [0, 0.05) is 23.8 Å². The molecule has 1 saturated heterocycles. The van der Waals surface area contributed by atoms with Crippen molar-refractivity contribution in [2.24, 2.45) is 5.92 Å². The first-order chi connectivity index (χ1) is 10.1. The second-order valence-corrected chi connectivity index (χ2v) is 5.45. The number of hydrogen-bond donors (Lipinski definition) is 0. The van der Waals surface area contributed by atoms with Crippen LogP contribution in [0.25, 0.3) is 0 Å². The van der Waals surface area contributed by atoms with Gasteiger partial charge in [-0.1, -0.05) is 23.7 Å². The fourth-order valence-corrected chi connectivity index (χ4v) is 2.73. The van der Waals surface area contributed by atoms with E-state index in [1.807, 2.05) is 12.1 Å². The first-order valence-electron chi connectivity index (χ1n) is 6.66. The molecule has 1 unspecified atom stereocenters. The molecule has 2 heterocycles. The number of hydrogen-bond acceptors (Lipinski definition) is 3. The van der Waals surface area contributed by atoms with Gasteiger partial charge in [-0.3, -0.25) is 19.5 Å². The Morgan fingerprint density at radius 3 is 2.81 bits per heavy atom. The Morgan fingerprint density at radius 2 is 2.10 bits per heavy atom. The topological polar surface area (TPSA) is 50.3 Å².